The maximum absolute atomic E-state index is 14.4. The third kappa shape index (κ3) is 9.00. The Labute approximate surface area is 401 Å². The van der Waals surface area contributed by atoms with E-state index in [0.717, 1.165) is 31.4 Å². The fourth-order valence-corrected chi connectivity index (χ4v) is 9.84. The lowest BCUT2D eigenvalue weighted by molar-refractivity contribution is -0.132. The number of hydrogen-bond acceptors (Lipinski definition) is 10. The highest BCUT2D eigenvalue weighted by molar-refractivity contribution is 6.06. The van der Waals surface area contributed by atoms with Gasteiger partial charge in [-0.15, -0.1) is 0 Å². The van der Waals surface area contributed by atoms with Crippen molar-refractivity contribution in [2.24, 2.45) is 17.6 Å². The van der Waals surface area contributed by atoms with E-state index in [1.54, 1.807) is 34.1 Å². The van der Waals surface area contributed by atoms with Crippen LogP contribution < -0.4 is 31.2 Å². The van der Waals surface area contributed by atoms with Gasteiger partial charge in [0.25, 0.3) is 17.7 Å². The number of primary amides is 1. The van der Waals surface area contributed by atoms with Crippen LogP contribution in [0.2, 0.25) is 0 Å². The minimum absolute atomic E-state index is 0.0121. The number of nitrogens with one attached hydrogen (secondary N) is 3. The fourth-order valence-electron chi connectivity index (χ4n) is 9.84. The molecule has 4 aliphatic heterocycles. The highest BCUT2D eigenvalue weighted by Gasteiger charge is 2.41. The average molecular weight is 947 g/mol. The predicted octanol–water partition coefficient (Wildman–Crippen LogP) is 7.36. The molecule has 2 aromatic heterocycles. The lowest BCUT2D eigenvalue weighted by Crippen LogP contribution is -2.53. The number of likely N-dealkylation sites (tertiary alicyclic amines) is 2. The second-order valence-electron chi connectivity index (χ2n) is 17.6. The van der Waals surface area contributed by atoms with E-state index in [1.807, 2.05) is 64.0 Å². The first-order valence-electron chi connectivity index (χ1n) is 23.1. The van der Waals surface area contributed by atoms with Crippen molar-refractivity contribution < 1.29 is 37.4 Å². The summed E-state index contributed by atoms with van der Waals surface area (Å²) in [6, 6.07) is 28.7. The Balaban J connectivity index is 0.841. The molecule has 0 bridgehead atoms. The molecule has 4 aliphatic rings. The molecular formula is C52H48F2N10O6. The largest absolute Gasteiger partial charge is 0.457 e. The quantitative estimate of drug-likeness (QED) is 0.0580. The molecule has 2 saturated heterocycles. The van der Waals surface area contributed by atoms with E-state index in [2.05, 4.69) is 34.5 Å². The molecule has 4 amide bonds. The highest BCUT2D eigenvalue weighted by Crippen LogP contribution is 2.42. The van der Waals surface area contributed by atoms with Crippen LogP contribution in [0.3, 0.4) is 0 Å². The normalized spacial score (nSPS) is 17.6. The lowest BCUT2D eigenvalue weighted by Gasteiger charge is -2.44. The first kappa shape index (κ1) is 45.3. The van der Waals surface area contributed by atoms with Crippen molar-refractivity contribution in [2.45, 2.75) is 37.8 Å². The summed E-state index contributed by atoms with van der Waals surface area (Å²) in [5, 5.41) is 19.2. The van der Waals surface area contributed by atoms with Crippen molar-refractivity contribution in [3.8, 4) is 57.5 Å². The van der Waals surface area contributed by atoms with Gasteiger partial charge in [0.2, 0.25) is 5.91 Å². The van der Waals surface area contributed by atoms with Gasteiger partial charge in [-0.2, -0.15) is 10.2 Å². The zero-order chi connectivity index (χ0) is 48.5. The molecular weight excluding hydrogens is 899 g/mol. The number of aromatic nitrogens is 4. The Morgan fingerprint density at radius 1 is 0.714 bits per heavy atom. The van der Waals surface area contributed by atoms with Gasteiger partial charge in [0, 0.05) is 74.3 Å². The van der Waals surface area contributed by atoms with E-state index in [1.165, 1.54) is 12.1 Å². The first-order chi connectivity index (χ1) is 34.0. The molecule has 10 rings (SSSR count). The van der Waals surface area contributed by atoms with E-state index in [0.29, 0.717) is 91.3 Å². The third-order valence-corrected chi connectivity index (χ3v) is 13.4. The first-order valence-corrected chi connectivity index (χ1v) is 23.1. The van der Waals surface area contributed by atoms with Crippen molar-refractivity contribution in [1.29, 1.82) is 0 Å². The Kier molecular flexibility index (Phi) is 12.5. The van der Waals surface area contributed by atoms with Crippen LogP contribution >= 0.6 is 0 Å². The summed E-state index contributed by atoms with van der Waals surface area (Å²) >= 11 is 0. The SMILES string of the molecule is C=CC(=O)N1CCC(C2CCNc3c(C(=O)NC#CC(=O)N4CC(C5CCNc6c(C(N)=O)c(-c7ccc(Oc8ccccc8)cc7)nn65)C4)c(-c4ccc(Oc5ccc(F)cc5F)cc4)nn32)CC1. The second-order valence-corrected chi connectivity index (χ2v) is 17.6. The van der Waals surface area contributed by atoms with E-state index in [9.17, 15) is 28.0 Å². The summed E-state index contributed by atoms with van der Waals surface area (Å²) < 4.78 is 43.2. The lowest BCUT2D eigenvalue weighted by atomic mass is 9.87. The van der Waals surface area contributed by atoms with Crippen molar-refractivity contribution >= 4 is 35.3 Å². The topological polar surface area (TPSA) is 191 Å². The minimum Gasteiger partial charge on any atom is -0.457 e. The number of carbonyl (C=O) groups excluding carboxylic acids is 4. The number of anilines is 2. The monoisotopic (exact) mass is 946 g/mol. The number of fused-ring (bicyclic) bond motifs is 2. The predicted molar refractivity (Wildman–Crippen MR) is 256 cm³/mol. The van der Waals surface area contributed by atoms with Crippen LogP contribution in [0, 0.1) is 35.4 Å². The molecule has 6 aromatic rings. The molecule has 5 N–H and O–H groups in total. The smallest absolute Gasteiger partial charge is 0.300 e. The van der Waals surface area contributed by atoms with Crippen molar-refractivity contribution in [2.75, 3.05) is 49.9 Å². The van der Waals surface area contributed by atoms with Crippen LogP contribution in [0.1, 0.15) is 58.5 Å². The minimum atomic E-state index is -0.854. The summed E-state index contributed by atoms with van der Waals surface area (Å²) in [6.45, 7) is 6.70. The van der Waals surface area contributed by atoms with E-state index < -0.39 is 29.4 Å². The van der Waals surface area contributed by atoms with Gasteiger partial charge >= 0.3 is 0 Å². The van der Waals surface area contributed by atoms with Crippen molar-refractivity contribution in [3.05, 3.63) is 132 Å². The number of para-hydroxylation sites is 1. The third-order valence-electron chi connectivity index (χ3n) is 13.4. The number of ether oxygens (including phenoxy) is 2. The van der Waals surface area contributed by atoms with Gasteiger partial charge in [-0.25, -0.2) is 18.1 Å². The number of amides is 4. The molecule has 2 fully saturated rings. The Hall–Kier alpha value is -8.46. The molecule has 0 radical (unpaired) electrons. The molecule has 0 spiro atoms. The summed E-state index contributed by atoms with van der Waals surface area (Å²) in [7, 11) is 0. The van der Waals surface area contributed by atoms with Crippen LogP contribution in [-0.4, -0.2) is 92.3 Å². The number of benzene rings is 4. The summed E-state index contributed by atoms with van der Waals surface area (Å²) in [6.07, 6.45) is 4.25. The summed E-state index contributed by atoms with van der Waals surface area (Å²) in [5.74, 6) is 1.91. The van der Waals surface area contributed by atoms with Crippen molar-refractivity contribution in [3.63, 3.8) is 0 Å². The van der Waals surface area contributed by atoms with Crippen molar-refractivity contribution in [1.82, 2.24) is 34.7 Å². The zero-order valence-corrected chi connectivity index (χ0v) is 37.9. The summed E-state index contributed by atoms with van der Waals surface area (Å²) in [4.78, 5) is 56.3. The number of nitrogens with two attached hydrogens (primary N) is 1. The van der Waals surface area contributed by atoms with Crippen LogP contribution in [0.25, 0.3) is 22.5 Å². The van der Waals surface area contributed by atoms with Gasteiger partial charge in [0.1, 0.15) is 57.2 Å². The number of piperidine rings is 1. The van der Waals surface area contributed by atoms with Crippen LogP contribution in [0.15, 0.2) is 110 Å². The number of carbonyl (C=O) groups is 4. The average Bonchev–Trinajstić information content (AvgIpc) is 3.96. The van der Waals surface area contributed by atoms with E-state index in [4.69, 9.17) is 25.4 Å². The van der Waals surface area contributed by atoms with Gasteiger partial charge in [-0.1, -0.05) is 24.8 Å². The van der Waals surface area contributed by atoms with Gasteiger partial charge in [-0.05, 0) is 110 Å². The molecule has 16 nitrogen and oxygen atoms in total. The van der Waals surface area contributed by atoms with Crippen LogP contribution in [0.4, 0.5) is 20.4 Å². The Morgan fingerprint density at radius 2 is 1.29 bits per heavy atom. The molecule has 2 atom stereocenters. The molecule has 70 heavy (non-hydrogen) atoms. The maximum Gasteiger partial charge on any atom is 0.300 e. The molecule has 0 saturated carbocycles. The van der Waals surface area contributed by atoms with E-state index in [-0.39, 0.29) is 52.5 Å². The molecule has 18 heteroatoms. The van der Waals surface area contributed by atoms with Crippen LogP contribution in [0.5, 0.6) is 23.0 Å². The standard InChI is InChI=1S/C52H48F2N10O6/c1-2-43(65)61-26-21-31(22-27-61)40-18-23-57-51-46(48(60-63(40)51)33-10-15-38(16-11-33)70-42-17-12-35(53)28-39(42)54)52(68)58-25-20-44(66)62-29-34(30-62)41-19-24-56-50-45(49(55)67)47(59-64(41)50)32-8-13-37(14-9-32)69-36-6-4-3-5-7-36/h2-17,28,31,34,40-41,56-57H,1,18-19,21-24,26-27,29-30H2,(H2,55,67)(H,58,68). The summed E-state index contributed by atoms with van der Waals surface area (Å²) in [5.41, 5.74) is 8.50. The van der Waals surface area contributed by atoms with E-state index >= 15 is 0 Å². The van der Waals surface area contributed by atoms with Gasteiger partial charge in [-0.3, -0.25) is 24.5 Å². The zero-order valence-electron chi connectivity index (χ0n) is 37.9. The molecule has 0 aliphatic carbocycles. The Morgan fingerprint density at radius 3 is 1.89 bits per heavy atom. The van der Waals surface area contributed by atoms with Gasteiger partial charge < -0.3 is 35.6 Å². The van der Waals surface area contributed by atoms with Gasteiger partial charge in [0.05, 0.1) is 12.1 Å². The molecule has 2 unspecified atom stereocenters. The fraction of sp³-hybridized carbons (Fsp3) is 0.269. The molecule has 356 valence electrons. The number of halogens is 2. The van der Waals surface area contributed by atoms with Crippen LogP contribution in [-0.2, 0) is 9.59 Å². The van der Waals surface area contributed by atoms with Gasteiger partial charge in [0.15, 0.2) is 11.6 Å². The Bertz CT molecular complexity index is 3060. The number of nitrogens with zero attached hydrogens (tertiary/aromatic N) is 6. The molecule has 6 heterocycles. The molecule has 4 aromatic carbocycles. The number of hydrogen-bond donors (Lipinski definition) is 4. The maximum atomic E-state index is 14.4. The second kappa shape index (κ2) is 19.3. The highest BCUT2D eigenvalue weighted by atomic mass is 19.1. The number of rotatable bonds is 11.